The van der Waals surface area contributed by atoms with Gasteiger partial charge in [-0.05, 0) is 43.7 Å². The van der Waals surface area contributed by atoms with E-state index in [1.54, 1.807) is 12.1 Å². The fourth-order valence-corrected chi connectivity index (χ4v) is 4.95. The second-order valence-electron chi connectivity index (χ2n) is 7.29. The van der Waals surface area contributed by atoms with Crippen LogP contribution in [0.3, 0.4) is 0 Å². The van der Waals surface area contributed by atoms with E-state index in [-0.39, 0.29) is 11.7 Å². The Bertz CT molecular complexity index is 1220. The molecule has 170 valence electrons. The Morgan fingerprint density at radius 1 is 1.09 bits per heavy atom. The molecule has 0 aliphatic heterocycles. The molecule has 0 spiro atoms. The highest BCUT2D eigenvalue weighted by atomic mass is 32.2. The van der Waals surface area contributed by atoms with Gasteiger partial charge in [0.05, 0.1) is 22.8 Å². The van der Waals surface area contributed by atoms with Crippen LogP contribution in [-0.4, -0.2) is 31.6 Å². The van der Waals surface area contributed by atoms with Crippen LogP contribution in [0.25, 0.3) is 5.69 Å². The first kappa shape index (κ1) is 22.9. The number of nitrogens with zero attached hydrogens (tertiary/aromatic N) is 4. The van der Waals surface area contributed by atoms with Crippen LogP contribution >= 0.6 is 23.1 Å². The minimum absolute atomic E-state index is 0.0690. The second-order valence-corrected chi connectivity index (χ2v) is 9.61. The van der Waals surface area contributed by atoms with Gasteiger partial charge in [-0.3, -0.25) is 4.79 Å². The molecule has 4 aromatic rings. The van der Waals surface area contributed by atoms with E-state index in [2.05, 4.69) is 25.9 Å². The van der Waals surface area contributed by atoms with E-state index in [9.17, 15) is 9.18 Å². The molecule has 10 heteroatoms. The molecule has 1 amide bonds. The Morgan fingerprint density at radius 3 is 2.61 bits per heavy atom. The summed E-state index contributed by atoms with van der Waals surface area (Å²) in [4.78, 5) is 12.5. The van der Waals surface area contributed by atoms with Crippen molar-refractivity contribution in [1.29, 1.82) is 0 Å². The summed E-state index contributed by atoms with van der Waals surface area (Å²) in [7, 11) is 0. The molecule has 0 atom stereocenters. The number of aromatic nitrogens is 4. The molecule has 0 radical (unpaired) electrons. The van der Waals surface area contributed by atoms with Crippen LogP contribution in [0.1, 0.15) is 23.4 Å². The summed E-state index contributed by atoms with van der Waals surface area (Å²) in [6, 6.07) is 16.1. The zero-order chi connectivity index (χ0) is 23.2. The van der Waals surface area contributed by atoms with Crippen LogP contribution in [-0.2, 0) is 11.3 Å². The van der Waals surface area contributed by atoms with Gasteiger partial charge in [-0.15, -0.1) is 10.2 Å². The Balaban J connectivity index is 1.26. The molecule has 2 aromatic heterocycles. The van der Waals surface area contributed by atoms with Gasteiger partial charge < -0.3 is 10.6 Å². The van der Waals surface area contributed by atoms with Gasteiger partial charge in [0.15, 0.2) is 4.34 Å². The van der Waals surface area contributed by atoms with Gasteiger partial charge in [-0.2, -0.15) is 5.10 Å². The molecule has 7 nitrogen and oxygen atoms in total. The highest BCUT2D eigenvalue weighted by molar-refractivity contribution is 8.01. The van der Waals surface area contributed by atoms with Gasteiger partial charge in [-0.25, -0.2) is 9.07 Å². The quantitative estimate of drug-likeness (QED) is 0.319. The minimum Gasteiger partial charge on any atom is -0.356 e. The molecule has 0 aliphatic rings. The third-order valence-electron chi connectivity index (χ3n) is 4.87. The van der Waals surface area contributed by atoms with E-state index in [1.165, 1.54) is 35.2 Å². The number of thioether (sulfide) groups is 1. The van der Waals surface area contributed by atoms with Crippen LogP contribution < -0.4 is 10.6 Å². The number of aryl methyl sites for hydroxylation is 1. The number of halogens is 1. The van der Waals surface area contributed by atoms with Crippen molar-refractivity contribution in [2.24, 2.45) is 0 Å². The van der Waals surface area contributed by atoms with Crippen molar-refractivity contribution in [2.75, 3.05) is 16.4 Å². The van der Waals surface area contributed by atoms with E-state index in [0.29, 0.717) is 23.8 Å². The molecule has 0 aliphatic carbocycles. The first-order chi connectivity index (χ1) is 16.0. The van der Waals surface area contributed by atoms with Crippen LogP contribution in [0.2, 0.25) is 0 Å². The van der Waals surface area contributed by atoms with Crippen molar-refractivity contribution in [1.82, 2.24) is 20.0 Å². The molecule has 0 bridgehead atoms. The third-order valence-corrected chi connectivity index (χ3v) is 6.89. The Kier molecular flexibility index (Phi) is 7.36. The predicted molar refractivity (Wildman–Crippen MR) is 131 cm³/mol. The van der Waals surface area contributed by atoms with Crippen molar-refractivity contribution < 1.29 is 9.18 Å². The Labute approximate surface area is 199 Å². The van der Waals surface area contributed by atoms with Crippen molar-refractivity contribution in [3.05, 3.63) is 77.4 Å². The zero-order valence-electron chi connectivity index (χ0n) is 18.2. The lowest BCUT2D eigenvalue weighted by Gasteiger charge is -2.07. The fraction of sp³-hybridized carbons (Fsp3) is 0.217. The number of hydrogen-bond donors (Lipinski definition) is 2. The van der Waals surface area contributed by atoms with Crippen molar-refractivity contribution in [2.45, 2.75) is 31.2 Å². The largest absolute Gasteiger partial charge is 0.356 e. The number of para-hydroxylation sites is 1. The average Bonchev–Trinajstić information content (AvgIpc) is 3.39. The number of nitrogens with one attached hydrogen (secondary N) is 2. The Hall–Kier alpha value is -3.24. The van der Waals surface area contributed by atoms with Crippen LogP contribution in [0, 0.1) is 19.7 Å². The summed E-state index contributed by atoms with van der Waals surface area (Å²) >= 11 is 2.92. The molecular formula is C23H23FN6OS2. The number of amides is 1. The maximum absolute atomic E-state index is 13.0. The van der Waals surface area contributed by atoms with Gasteiger partial charge in [0.1, 0.15) is 5.82 Å². The summed E-state index contributed by atoms with van der Waals surface area (Å²) in [5.74, 6) is 0.261. The van der Waals surface area contributed by atoms with Crippen LogP contribution in [0.5, 0.6) is 0 Å². The molecule has 0 unspecified atom stereocenters. The van der Waals surface area contributed by atoms with Gasteiger partial charge >= 0.3 is 0 Å². The highest BCUT2D eigenvalue weighted by Gasteiger charge is 2.15. The van der Waals surface area contributed by atoms with E-state index in [0.717, 1.165) is 32.7 Å². The van der Waals surface area contributed by atoms with E-state index < -0.39 is 0 Å². The van der Waals surface area contributed by atoms with E-state index >= 15 is 0 Å². The number of carbonyl (C=O) groups excluding carboxylic acids is 1. The molecule has 0 saturated carbocycles. The summed E-state index contributed by atoms with van der Waals surface area (Å²) in [5, 5.41) is 19.7. The lowest BCUT2D eigenvalue weighted by molar-refractivity contribution is -0.115. The number of benzene rings is 2. The number of carbonyl (C=O) groups is 1. The number of rotatable bonds is 9. The molecule has 33 heavy (non-hydrogen) atoms. The topological polar surface area (TPSA) is 84.7 Å². The number of hydrogen-bond acceptors (Lipinski definition) is 7. The lowest BCUT2D eigenvalue weighted by atomic mass is 10.2. The van der Waals surface area contributed by atoms with Crippen molar-refractivity contribution >= 4 is 39.8 Å². The highest BCUT2D eigenvalue weighted by Crippen LogP contribution is 2.27. The normalized spacial score (nSPS) is 10.9. The van der Waals surface area contributed by atoms with Gasteiger partial charge in [0.25, 0.3) is 0 Å². The standard InChI is InChI=1S/C23H23FN6OS2/c1-15-21(16(2)30(29-15)19-6-4-3-5-7-19)26-20(31)12-13-32-23-28-27-22(33-23)25-14-17-8-10-18(24)11-9-17/h3-11H,12-14H2,1-2H3,(H,25,27)(H,26,31). The molecule has 2 heterocycles. The van der Waals surface area contributed by atoms with Crippen LogP contribution in [0.15, 0.2) is 58.9 Å². The lowest BCUT2D eigenvalue weighted by Crippen LogP contribution is -2.13. The summed E-state index contributed by atoms with van der Waals surface area (Å²) < 4.78 is 15.6. The van der Waals surface area contributed by atoms with Gasteiger partial charge in [-0.1, -0.05) is 53.4 Å². The number of anilines is 2. The smallest absolute Gasteiger partial charge is 0.225 e. The SMILES string of the molecule is Cc1nn(-c2ccccc2)c(C)c1NC(=O)CCSc1nnc(NCc2ccc(F)cc2)s1. The van der Waals surface area contributed by atoms with Crippen molar-refractivity contribution in [3.8, 4) is 5.69 Å². The maximum atomic E-state index is 13.0. The fourth-order valence-electron chi connectivity index (χ4n) is 3.20. The first-order valence-corrected chi connectivity index (χ1v) is 12.2. The summed E-state index contributed by atoms with van der Waals surface area (Å²) in [6.07, 6.45) is 0.345. The molecular weight excluding hydrogens is 459 g/mol. The summed E-state index contributed by atoms with van der Waals surface area (Å²) in [5.41, 5.74) is 4.32. The molecule has 2 N–H and O–H groups in total. The maximum Gasteiger partial charge on any atom is 0.225 e. The second kappa shape index (κ2) is 10.6. The van der Waals surface area contributed by atoms with Crippen molar-refractivity contribution in [3.63, 3.8) is 0 Å². The summed E-state index contributed by atoms with van der Waals surface area (Å²) in [6.45, 7) is 4.37. The zero-order valence-corrected chi connectivity index (χ0v) is 19.8. The van der Waals surface area contributed by atoms with Gasteiger partial charge in [0.2, 0.25) is 11.0 Å². The van der Waals surface area contributed by atoms with Gasteiger partial charge in [0, 0.05) is 18.7 Å². The minimum atomic E-state index is -0.257. The third kappa shape index (κ3) is 5.96. The molecule has 0 saturated heterocycles. The van der Waals surface area contributed by atoms with E-state index in [1.807, 2.05) is 48.9 Å². The Morgan fingerprint density at radius 2 is 1.85 bits per heavy atom. The average molecular weight is 483 g/mol. The molecule has 4 rings (SSSR count). The van der Waals surface area contributed by atoms with Crippen LogP contribution in [0.4, 0.5) is 15.2 Å². The molecule has 2 aromatic carbocycles. The first-order valence-electron chi connectivity index (χ1n) is 10.4. The van der Waals surface area contributed by atoms with E-state index in [4.69, 9.17) is 0 Å². The monoisotopic (exact) mass is 482 g/mol. The molecule has 0 fully saturated rings. The predicted octanol–water partition coefficient (Wildman–Crippen LogP) is 5.21.